The normalized spacial score (nSPS) is 18.3. The van der Waals surface area contributed by atoms with Crippen LogP contribution in [-0.2, 0) is 17.9 Å². The third-order valence-corrected chi connectivity index (χ3v) is 59.5. The van der Waals surface area contributed by atoms with E-state index < -0.39 is 23.9 Å². The van der Waals surface area contributed by atoms with Crippen LogP contribution in [0.4, 0.5) is 0 Å². The first kappa shape index (κ1) is 29.8. The zero-order chi connectivity index (χ0) is 31.8. The van der Waals surface area contributed by atoms with Gasteiger partial charge in [0.1, 0.15) is 0 Å². The summed E-state index contributed by atoms with van der Waals surface area (Å²) in [5.41, 5.74) is 14.8. The van der Waals surface area contributed by atoms with Gasteiger partial charge in [-0.1, -0.05) is 0 Å². The molecule has 227 valence electrons. The van der Waals surface area contributed by atoms with E-state index in [-0.39, 0.29) is 0 Å². The average molecular weight is 691 g/mol. The Morgan fingerprint density at radius 3 is 1.26 bits per heavy atom. The summed E-state index contributed by atoms with van der Waals surface area (Å²) in [5.74, 6) is -1.15. The van der Waals surface area contributed by atoms with Crippen LogP contribution in [0, 0.1) is 0 Å². The number of hydrogen-bond donors (Lipinski definition) is 0. The summed E-state index contributed by atoms with van der Waals surface area (Å²) in [7, 11) is 0. The summed E-state index contributed by atoms with van der Waals surface area (Å²) >= 11 is -3.72. The van der Waals surface area contributed by atoms with Gasteiger partial charge in [-0.2, -0.15) is 0 Å². The maximum atomic E-state index is 2.86. The Kier molecular flexibility index (Phi) is 6.95. The van der Waals surface area contributed by atoms with Crippen LogP contribution in [0.15, 0.2) is 132 Å². The Bertz CT molecular complexity index is 2100. The van der Waals surface area contributed by atoms with Crippen molar-refractivity contribution in [2.24, 2.45) is 0 Å². The fraction of sp³-hybridized carbons (Fsp3) is 0.182. The summed E-state index contributed by atoms with van der Waals surface area (Å²) in [6, 6.07) is 45.7. The van der Waals surface area contributed by atoms with Crippen molar-refractivity contribution >= 4 is 39.6 Å². The van der Waals surface area contributed by atoms with Gasteiger partial charge in [-0.15, -0.1) is 0 Å². The Labute approximate surface area is 276 Å². The molecule has 0 saturated heterocycles. The Morgan fingerprint density at radius 2 is 0.826 bits per heavy atom. The molecule has 2 unspecified atom stereocenters. The molecule has 0 nitrogen and oxygen atoms in total. The van der Waals surface area contributed by atoms with Crippen molar-refractivity contribution in [2.45, 2.75) is 43.5 Å². The Balaban J connectivity index is 1.32. The first-order chi connectivity index (χ1) is 22.2. The molecule has 6 aromatic carbocycles. The number of hydrogen-bond acceptors (Lipinski definition) is 0. The van der Waals surface area contributed by atoms with Gasteiger partial charge in [-0.25, -0.2) is 0 Å². The minimum absolute atomic E-state index is 0.540. The molecule has 0 fully saturated rings. The SMILES string of the molecule is CC1=Cc2c(-c3cccc4ccccc34)cccc2[CH]1[Zr]([CH3])([CH3])([CH]1C(C)=Cc2c(-c3cccc4ccccc34)cccc21)[SiH](C)C. The average Bonchev–Trinajstić information content (AvgIpc) is 3.60. The van der Waals surface area contributed by atoms with E-state index in [9.17, 15) is 0 Å². The summed E-state index contributed by atoms with van der Waals surface area (Å²) in [6.07, 6.45) is 5.16. The molecule has 2 atom stereocenters. The predicted molar refractivity (Wildman–Crippen MR) is 202 cm³/mol. The summed E-state index contributed by atoms with van der Waals surface area (Å²) in [6.45, 7) is 10.3. The van der Waals surface area contributed by atoms with E-state index in [4.69, 9.17) is 0 Å². The van der Waals surface area contributed by atoms with Crippen LogP contribution in [-0.4, -0.2) is 5.92 Å². The van der Waals surface area contributed by atoms with E-state index in [0.29, 0.717) is 7.25 Å². The van der Waals surface area contributed by atoms with Crippen LogP contribution >= 0.6 is 0 Å². The van der Waals surface area contributed by atoms with Gasteiger partial charge in [-0.05, 0) is 0 Å². The first-order valence-corrected chi connectivity index (χ1v) is 31.9. The van der Waals surface area contributed by atoms with E-state index in [2.05, 4.69) is 170 Å². The molecular formula is C44H43SiZr. The van der Waals surface area contributed by atoms with Crippen LogP contribution in [0.2, 0.25) is 22.4 Å². The van der Waals surface area contributed by atoms with E-state index in [0.717, 1.165) is 0 Å². The molecule has 0 spiro atoms. The topological polar surface area (TPSA) is 0 Å². The molecular weight excluding hydrogens is 648 g/mol. The van der Waals surface area contributed by atoms with Crippen LogP contribution in [0.5, 0.6) is 0 Å². The zero-order valence-corrected chi connectivity index (χ0v) is 31.5. The second kappa shape index (κ2) is 10.7. The molecule has 0 saturated carbocycles. The third-order valence-electron chi connectivity index (χ3n) is 12.4. The standard InChI is InChI=1S/2C20H15.C2H7Si.2CH3.Zr/c2*1-14-12-16-8-5-11-19(20(16)13-14)18-10-4-7-15-6-2-3-9-17(15)18;1-3-2;;;/h2*2-13H,1H3;3H,1-2H3;2*1H3;. The molecule has 0 aromatic heterocycles. The summed E-state index contributed by atoms with van der Waals surface area (Å²) in [5, 5.41) is 5.30. The molecule has 0 amide bonds. The van der Waals surface area contributed by atoms with Gasteiger partial charge in [0.15, 0.2) is 0 Å². The molecule has 2 aliphatic carbocycles. The van der Waals surface area contributed by atoms with Crippen molar-refractivity contribution in [1.29, 1.82) is 0 Å². The third kappa shape index (κ3) is 4.19. The molecule has 6 aromatic rings. The van der Waals surface area contributed by atoms with Gasteiger partial charge < -0.3 is 0 Å². The minimum atomic E-state index is -3.72. The van der Waals surface area contributed by atoms with E-state index in [1.165, 1.54) is 54.9 Å². The van der Waals surface area contributed by atoms with Crippen molar-refractivity contribution in [2.75, 3.05) is 0 Å². The van der Waals surface area contributed by atoms with Gasteiger partial charge in [0.2, 0.25) is 0 Å². The molecule has 2 heteroatoms. The Morgan fingerprint density at radius 1 is 0.457 bits per heavy atom. The van der Waals surface area contributed by atoms with Gasteiger partial charge >= 0.3 is 278 Å². The molecule has 0 heterocycles. The predicted octanol–water partition coefficient (Wildman–Crippen LogP) is 12.7. The van der Waals surface area contributed by atoms with Crippen LogP contribution < -0.4 is 0 Å². The van der Waals surface area contributed by atoms with Gasteiger partial charge in [0, 0.05) is 0 Å². The van der Waals surface area contributed by atoms with E-state index >= 15 is 0 Å². The van der Waals surface area contributed by atoms with Gasteiger partial charge in [-0.3, -0.25) is 0 Å². The van der Waals surface area contributed by atoms with Gasteiger partial charge in [0.25, 0.3) is 0 Å². The number of fused-ring (bicyclic) bond motifs is 4. The second-order valence-corrected chi connectivity index (χ2v) is 53.1. The van der Waals surface area contributed by atoms with Crippen molar-refractivity contribution < 1.29 is 17.9 Å². The second-order valence-electron chi connectivity index (χ2n) is 15.2. The van der Waals surface area contributed by atoms with E-state index in [1.807, 2.05) is 0 Å². The molecule has 0 bridgehead atoms. The fourth-order valence-electron chi connectivity index (χ4n) is 9.75. The first-order valence-electron chi connectivity index (χ1n) is 17.0. The van der Waals surface area contributed by atoms with Crippen molar-refractivity contribution in [3.05, 3.63) is 155 Å². The number of rotatable bonds is 5. The molecule has 0 N–H and O–H groups in total. The Hall–Kier alpha value is -3.58. The van der Waals surface area contributed by atoms with Crippen molar-refractivity contribution in [3.63, 3.8) is 0 Å². The van der Waals surface area contributed by atoms with Crippen LogP contribution in [0.3, 0.4) is 0 Å². The van der Waals surface area contributed by atoms with E-state index in [1.54, 1.807) is 22.3 Å². The number of benzene rings is 6. The van der Waals surface area contributed by atoms with Gasteiger partial charge in [0.05, 0.1) is 0 Å². The molecule has 8 rings (SSSR count). The molecule has 0 radical (unpaired) electrons. The summed E-state index contributed by atoms with van der Waals surface area (Å²) < 4.78 is 6.81. The number of allylic oxidation sites excluding steroid dienone is 2. The zero-order valence-electron chi connectivity index (χ0n) is 27.9. The summed E-state index contributed by atoms with van der Waals surface area (Å²) in [4.78, 5) is 0. The molecule has 0 aliphatic heterocycles. The molecule has 46 heavy (non-hydrogen) atoms. The fourth-order valence-corrected chi connectivity index (χ4v) is 40.5. The van der Waals surface area contributed by atoms with Crippen molar-refractivity contribution in [1.82, 2.24) is 0 Å². The quantitative estimate of drug-likeness (QED) is 0.158. The van der Waals surface area contributed by atoms with Crippen molar-refractivity contribution in [3.8, 4) is 22.3 Å². The molecule has 2 aliphatic rings. The van der Waals surface area contributed by atoms with Crippen LogP contribution in [0.1, 0.15) is 43.4 Å². The van der Waals surface area contributed by atoms with Crippen LogP contribution in [0.25, 0.3) is 56.0 Å². The monoisotopic (exact) mass is 689 g/mol. The maximum absolute atomic E-state index is 3.72.